The molecule has 0 aliphatic carbocycles. The Morgan fingerprint density at radius 3 is 2.79 bits per heavy atom. The first-order chi connectivity index (χ1) is 6.54. The van der Waals surface area contributed by atoms with Crippen LogP contribution in [0.1, 0.15) is 12.0 Å². The van der Waals surface area contributed by atoms with Crippen LogP contribution in [0.2, 0.25) is 0 Å². The zero-order valence-electron chi connectivity index (χ0n) is 8.10. The quantitative estimate of drug-likeness (QED) is 0.786. The van der Waals surface area contributed by atoms with Crippen LogP contribution in [0.5, 0.6) is 0 Å². The molecule has 0 aliphatic rings. The summed E-state index contributed by atoms with van der Waals surface area (Å²) in [5, 5.41) is 0.132. The molecule has 0 fully saturated rings. The predicted molar refractivity (Wildman–Crippen MR) is 54.7 cm³/mol. The smallest absolute Gasteiger partial charge is 0.192 e. The normalized spacial score (nSPS) is 11.6. The van der Waals surface area contributed by atoms with Crippen molar-refractivity contribution in [2.24, 2.45) is 5.73 Å². The first kappa shape index (κ1) is 11.1. The summed E-state index contributed by atoms with van der Waals surface area (Å²) in [5.74, 6) is 0. The van der Waals surface area contributed by atoms with E-state index in [1.807, 2.05) is 6.07 Å². The maximum Gasteiger partial charge on any atom is 0.192 e. The molecule has 2 N–H and O–H groups in total. The molecular weight excluding hydrogens is 200 g/mol. The van der Waals surface area contributed by atoms with Gasteiger partial charge in [-0.1, -0.05) is 0 Å². The van der Waals surface area contributed by atoms with E-state index in [0.29, 0.717) is 6.54 Å². The SMILES string of the molecule is CS(=O)(=O)c1cc(CCCN)ccn1. The first-order valence-corrected chi connectivity index (χ1v) is 6.28. The molecule has 1 aromatic rings. The Hall–Kier alpha value is -0.940. The summed E-state index contributed by atoms with van der Waals surface area (Å²) in [6, 6.07) is 3.41. The van der Waals surface area contributed by atoms with E-state index in [1.165, 1.54) is 6.20 Å². The van der Waals surface area contributed by atoms with Crippen LogP contribution in [0, 0.1) is 0 Å². The molecular formula is C9H14N2O2S. The molecule has 4 nitrogen and oxygen atoms in total. The highest BCUT2D eigenvalue weighted by atomic mass is 32.2. The van der Waals surface area contributed by atoms with Crippen LogP contribution in [-0.4, -0.2) is 26.2 Å². The lowest BCUT2D eigenvalue weighted by Crippen LogP contribution is -2.03. The van der Waals surface area contributed by atoms with Gasteiger partial charge >= 0.3 is 0 Å². The van der Waals surface area contributed by atoms with Crippen molar-refractivity contribution in [1.82, 2.24) is 4.98 Å². The number of nitrogens with zero attached hydrogens (tertiary/aromatic N) is 1. The fourth-order valence-corrected chi connectivity index (χ4v) is 1.73. The largest absolute Gasteiger partial charge is 0.330 e. The summed E-state index contributed by atoms with van der Waals surface area (Å²) in [5.41, 5.74) is 6.33. The highest BCUT2D eigenvalue weighted by Gasteiger charge is 2.08. The van der Waals surface area contributed by atoms with E-state index >= 15 is 0 Å². The fraction of sp³-hybridized carbons (Fsp3) is 0.444. The van der Waals surface area contributed by atoms with Crippen LogP contribution in [0.4, 0.5) is 0 Å². The number of pyridine rings is 1. The van der Waals surface area contributed by atoms with Gasteiger partial charge in [0.1, 0.15) is 0 Å². The van der Waals surface area contributed by atoms with Crippen LogP contribution in [0.25, 0.3) is 0 Å². The van der Waals surface area contributed by atoms with Crippen molar-refractivity contribution in [3.8, 4) is 0 Å². The third-order valence-corrected chi connectivity index (χ3v) is 2.83. The van der Waals surface area contributed by atoms with Crippen molar-refractivity contribution < 1.29 is 8.42 Å². The number of aromatic nitrogens is 1. The minimum Gasteiger partial charge on any atom is -0.330 e. The molecule has 0 spiro atoms. The van der Waals surface area contributed by atoms with Gasteiger partial charge in [-0.2, -0.15) is 0 Å². The zero-order valence-corrected chi connectivity index (χ0v) is 8.92. The Labute approximate surface area is 84.1 Å². The van der Waals surface area contributed by atoms with Gasteiger partial charge in [-0.05, 0) is 37.1 Å². The maximum absolute atomic E-state index is 11.2. The second-order valence-corrected chi connectivity index (χ2v) is 5.13. The third-order valence-electron chi connectivity index (χ3n) is 1.85. The molecule has 5 heteroatoms. The number of hydrogen-bond acceptors (Lipinski definition) is 4. The number of hydrogen-bond donors (Lipinski definition) is 1. The van der Waals surface area contributed by atoms with Crippen LogP contribution in [0.15, 0.2) is 23.4 Å². The highest BCUT2D eigenvalue weighted by molar-refractivity contribution is 7.90. The predicted octanol–water partition coefficient (Wildman–Crippen LogP) is 0.376. The molecule has 0 saturated carbocycles. The van der Waals surface area contributed by atoms with E-state index < -0.39 is 9.84 Å². The minimum absolute atomic E-state index is 0.132. The van der Waals surface area contributed by atoms with E-state index in [4.69, 9.17) is 5.73 Å². The third kappa shape index (κ3) is 3.08. The summed E-state index contributed by atoms with van der Waals surface area (Å²) < 4.78 is 22.3. The Kier molecular flexibility index (Phi) is 3.60. The minimum atomic E-state index is -3.19. The zero-order chi connectivity index (χ0) is 10.6. The summed E-state index contributed by atoms with van der Waals surface area (Å²) in [6.45, 7) is 0.608. The molecule has 1 aromatic heterocycles. The number of sulfone groups is 1. The Balaban J connectivity index is 2.90. The molecule has 14 heavy (non-hydrogen) atoms. The average Bonchev–Trinajstić information content (AvgIpc) is 2.14. The van der Waals surface area contributed by atoms with Gasteiger partial charge in [0.2, 0.25) is 0 Å². The lowest BCUT2D eigenvalue weighted by molar-refractivity contribution is 0.598. The molecule has 0 aromatic carbocycles. The molecule has 1 rings (SSSR count). The van der Waals surface area contributed by atoms with Crippen molar-refractivity contribution in [3.05, 3.63) is 23.9 Å². The maximum atomic E-state index is 11.2. The molecule has 0 atom stereocenters. The monoisotopic (exact) mass is 214 g/mol. The topological polar surface area (TPSA) is 73.0 Å². The molecule has 0 saturated heterocycles. The van der Waals surface area contributed by atoms with Crippen LogP contribution >= 0.6 is 0 Å². The summed E-state index contributed by atoms with van der Waals surface area (Å²) >= 11 is 0. The van der Waals surface area contributed by atoms with E-state index in [2.05, 4.69) is 4.98 Å². The van der Waals surface area contributed by atoms with E-state index in [1.54, 1.807) is 6.07 Å². The molecule has 0 amide bonds. The van der Waals surface area contributed by atoms with Crippen molar-refractivity contribution in [1.29, 1.82) is 0 Å². The average molecular weight is 214 g/mol. The molecule has 78 valence electrons. The van der Waals surface area contributed by atoms with Crippen LogP contribution < -0.4 is 5.73 Å². The molecule has 0 unspecified atom stereocenters. The van der Waals surface area contributed by atoms with Crippen LogP contribution in [0.3, 0.4) is 0 Å². The van der Waals surface area contributed by atoms with E-state index in [9.17, 15) is 8.42 Å². The summed E-state index contributed by atoms with van der Waals surface area (Å²) in [6.07, 6.45) is 4.32. The van der Waals surface area contributed by atoms with Crippen molar-refractivity contribution in [2.45, 2.75) is 17.9 Å². The molecule has 0 radical (unpaired) electrons. The molecule has 0 aliphatic heterocycles. The van der Waals surface area contributed by atoms with Gasteiger partial charge in [0.25, 0.3) is 0 Å². The number of rotatable bonds is 4. The van der Waals surface area contributed by atoms with Crippen molar-refractivity contribution >= 4 is 9.84 Å². The van der Waals surface area contributed by atoms with Gasteiger partial charge in [0, 0.05) is 12.5 Å². The van der Waals surface area contributed by atoms with Crippen molar-refractivity contribution in [3.63, 3.8) is 0 Å². The highest BCUT2D eigenvalue weighted by Crippen LogP contribution is 2.09. The second kappa shape index (κ2) is 4.52. The lowest BCUT2D eigenvalue weighted by Gasteiger charge is -2.01. The van der Waals surface area contributed by atoms with Gasteiger partial charge in [0.15, 0.2) is 14.9 Å². The Morgan fingerprint density at radius 2 is 2.21 bits per heavy atom. The van der Waals surface area contributed by atoms with Gasteiger partial charge in [-0.25, -0.2) is 13.4 Å². The number of aryl methyl sites for hydroxylation is 1. The fourth-order valence-electron chi connectivity index (χ4n) is 1.11. The van der Waals surface area contributed by atoms with Gasteiger partial charge < -0.3 is 5.73 Å². The van der Waals surface area contributed by atoms with Crippen molar-refractivity contribution in [2.75, 3.05) is 12.8 Å². The molecule has 1 heterocycles. The van der Waals surface area contributed by atoms with E-state index in [0.717, 1.165) is 24.7 Å². The molecule has 0 bridgehead atoms. The summed E-state index contributed by atoms with van der Waals surface area (Å²) in [4.78, 5) is 3.80. The van der Waals surface area contributed by atoms with Crippen LogP contribution in [-0.2, 0) is 16.3 Å². The Morgan fingerprint density at radius 1 is 1.50 bits per heavy atom. The number of nitrogens with two attached hydrogens (primary N) is 1. The lowest BCUT2D eigenvalue weighted by atomic mass is 10.1. The Bertz CT molecular complexity index is 401. The van der Waals surface area contributed by atoms with E-state index in [-0.39, 0.29) is 5.03 Å². The van der Waals surface area contributed by atoms with Gasteiger partial charge in [-0.15, -0.1) is 0 Å². The summed E-state index contributed by atoms with van der Waals surface area (Å²) in [7, 11) is -3.19. The van der Waals surface area contributed by atoms with Gasteiger partial charge in [-0.3, -0.25) is 0 Å². The first-order valence-electron chi connectivity index (χ1n) is 4.39. The second-order valence-electron chi connectivity index (χ2n) is 3.17. The standard InChI is InChI=1S/C9H14N2O2S/c1-14(12,13)9-7-8(3-2-5-10)4-6-11-9/h4,6-7H,2-3,5,10H2,1H3. The van der Waals surface area contributed by atoms with Gasteiger partial charge in [0.05, 0.1) is 0 Å².